The summed E-state index contributed by atoms with van der Waals surface area (Å²) in [5.41, 5.74) is 2.03. The molecular formula is C21H32O4P+. The standard InChI is InChI=1S/C21H30O3.H2OP/c1-6-9-20(5,19(23)24)21(10-7-8-11-21)18(22)17-15(3)12-14(2)13-16(17)4;1-2/h12-13H,6-11H2,1-5H3,(H,23,24);2H2/q;+1. The predicted molar refractivity (Wildman–Crippen MR) is 107 cm³/mol. The topological polar surface area (TPSA) is 71.4 Å². The number of hydrogen-bond donors (Lipinski definition) is 1. The maximum Gasteiger partial charge on any atom is 0.310 e. The summed E-state index contributed by atoms with van der Waals surface area (Å²) < 4.78 is 8.17. The highest BCUT2D eigenvalue weighted by Crippen LogP contribution is 2.56. The molecule has 1 aliphatic rings. The van der Waals surface area contributed by atoms with Crippen molar-refractivity contribution in [1.82, 2.24) is 0 Å². The minimum absolute atomic E-state index is 0.0494. The number of aliphatic carboxylic acids is 1. The lowest BCUT2D eigenvalue weighted by Gasteiger charge is -2.43. The van der Waals surface area contributed by atoms with Crippen molar-refractivity contribution in [3.63, 3.8) is 0 Å². The van der Waals surface area contributed by atoms with Crippen molar-refractivity contribution >= 4 is 20.9 Å². The lowest BCUT2D eigenvalue weighted by Crippen LogP contribution is -2.49. The molecule has 2 unspecified atom stereocenters. The number of carboxylic acids is 1. The van der Waals surface area contributed by atoms with Gasteiger partial charge in [0.2, 0.25) is 0 Å². The zero-order chi connectivity index (χ0) is 20.1. The van der Waals surface area contributed by atoms with Crippen LogP contribution in [0.5, 0.6) is 0 Å². The van der Waals surface area contributed by atoms with Gasteiger partial charge in [-0.15, -0.1) is 0 Å². The third-order valence-corrected chi connectivity index (χ3v) is 6.07. The minimum Gasteiger partial charge on any atom is -0.481 e. The summed E-state index contributed by atoms with van der Waals surface area (Å²) in [6.45, 7) is 9.75. The molecule has 1 fully saturated rings. The average molecular weight is 379 g/mol. The van der Waals surface area contributed by atoms with E-state index in [0.717, 1.165) is 41.5 Å². The smallest absolute Gasteiger partial charge is 0.310 e. The Kier molecular flexibility index (Phi) is 7.70. The summed E-state index contributed by atoms with van der Waals surface area (Å²) in [4.78, 5) is 25.9. The Morgan fingerprint density at radius 3 is 1.96 bits per heavy atom. The van der Waals surface area contributed by atoms with Gasteiger partial charge >= 0.3 is 15.1 Å². The molecule has 144 valence electrons. The van der Waals surface area contributed by atoms with Gasteiger partial charge in [0, 0.05) is 11.0 Å². The molecule has 26 heavy (non-hydrogen) atoms. The van der Waals surface area contributed by atoms with Gasteiger partial charge in [0.15, 0.2) is 5.78 Å². The highest BCUT2D eigenvalue weighted by Gasteiger charge is 2.58. The fourth-order valence-corrected chi connectivity index (χ4v) is 4.84. The van der Waals surface area contributed by atoms with E-state index in [1.165, 1.54) is 9.12 Å². The van der Waals surface area contributed by atoms with E-state index in [2.05, 4.69) is 0 Å². The molecule has 1 aliphatic carbocycles. The van der Waals surface area contributed by atoms with E-state index in [-0.39, 0.29) is 5.78 Å². The molecule has 0 bridgehead atoms. The van der Waals surface area contributed by atoms with Gasteiger partial charge in [0.05, 0.1) is 5.41 Å². The fraction of sp³-hybridized carbons (Fsp3) is 0.619. The second-order valence-electron chi connectivity index (χ2n) is 7.78. The first-order chi connectivity index (χ1) is 12.2. The van der Waals surface area contributed by atoms with Gasteiger partial charge in [-0.25, -0.2) is 0 Å². The van der Waals surface area contributed by atoms with Gasteiger partial charge in [-0.3, -0.25) is 9.59 Å². The van der Waals surface area contributed by atoms with Crippen molar-refractivity contribution in [3.05, 3.63) is 34.4 Å². The normalized spacial score (nSPS) is 17.7. The Balaban J connectivity index is 0.00000163. The monoisotopic (exact) mass is 379 g/mol. The molecule has 0 spiro atoms. The van der Waals surface area contributed by atoms with Crippen molar-refractivity contribution in [3.8, 4) is 0 Å². The van der Waals surface area contributed by atoms with Gasteiger partial charge in [-0.1, -0.05) is 48.4 Å². The summed E-state index contributed by atoms with van der Waals surface area (Å²) in [7, 11) is 1.17. The van der Waals surface area contributed by atoms with Crippen molar-refractivity contribution in [2.45, 2.75) is 73.1 Å². The van der Waals surface area contributed by atoms with Crippen molar-refractivity contribution in [1.29, 1.82) is 0 Å². The first kappa shape index (κ1) is 22.5. The lowest BCUT2D eigenvalue weighted by atomic mass is 9.57. The van der Waals surface area contributed by atoms with E-state index in [0.29, 0.717) is 19.3 Å². The number of Topliss-reactive ketones (excluding diaryl/α,β-unsaturated/α-hetero) is 1. The van der Waals surface area contributed by atoms with E-state index in [1.54, 1.807) is 6.92 Å². The summed E-state index contributed by atoms with van der Waals surface area (Å²) in [6.07, 6.45) is 4.54. The van der Waals surface area contributed by atoms with Gasteiger partial charge in [-0.05, 0) is 58.1 Å². The molecule has 2 atom stereocenters. The van der Waals surface area contributed by atoms with Crippen LogP contribution in [0, 0.1) is 31.6 Å². The van der Waals surface area contributed by atoms with Crippen LogP contribution in [-0.4, -0.2) is 16.9 Å². The van der Waals surface area contributed by atoms with E-state index >= 15 is 0 Å². The molecule has 0 aromatic heterocycles. The molecule has 2 rings (SSSR count). The number of benzene rings is 1. The predicted octanol–water partition coefficient (Wildman–Crippen LogP) is 5.45. The molecule has 4 nitrogen and oxygen atoms in total. The second kappa shape index (κ2) is 8.90. The van der Waals surface area contributed by atoms with Gasteiger partial charge in [0.1, 0.15) is 0 Å². The second-order valence-corrected chi connectivity index (χ2v) is 7.78. The zero-order valence-electron chi connectivity index (χ0n) is 16.6. The SMILES string of the molecule is CCCC(C)(C(=O)O)C1(C(=O)c2c(C)cc(C)cc2C)CCCC1.O=[PH2+]. The van der Waals surface area contributed by atoms with Gasteiger partial charge < -0.3 is 5.11 Å². The molecule has 1 N–H and O–H groups in total. The quantitative estimate of drug-likeness (QED) is 0.527. The van der Waals surface area contributed by atoms with E-state index < -0.39 is 16.8 Å². The first-order valence-corrected chi connectivity index (χ1v) is 9.76. The van der Waals surface area contributed by atoms with Crippen LogP contribution in [0.4, 0.5) is 0 Å². The van der Waals surface area contributed by atoms with E-state index in [4.69, 9.17) is 4.57 Å². The van der Waals surface area contributed by atoms with Crippen LogP contribution in [0.3, 0.4) is 0 Å². The molecule has 0 heterocycles. The maximum absolute atomic E-state index is 13.7. The van der Waals surface area contributed by atoms with Crippen LogP contribution >= 0.6 is 9.12 Å². The number of rotatable bonds is 6. The minimum atomic E-state index is -1.00. The maximum atomic E-state index is 13.7. The van der Waals surface area contributed by atoms with E-state index in [9.17, 15) is 14.7 Å². The summed E-state index contributed by atoms with van der Waals surface area (Å²) in [5.74, 6) is -0.782. The van der Waals surface area contributed by atoms with Crippen LogP contribution in [0.25, 0.3) is 0 Å². The number of carbonyl (C=O) groups is 2. The molecule has 1 aromatic carbocycles. The summed E-state index contributed by atoms with van der Waals surface area (Å²) in [5, 5.41) is 10.0. The fourth-order valence-electron chi connectivity index (χ4n) is 4.84. The van der Waals surface area contributed by atoms with Crippen molar-refractivity contribution < 1.29 is 19.3 Å². The van der Waals surface area contributed by atoms with Gasteiger partial charge in [-0.2, -0.15) is 0 Å². The number of aryl methyl sites for hydroxylation is 3. The highest BCUT2D eigenvalue weighted by molar-refractivity contribution is 7.00. The molecule has 0 radical (unpaired) electrons. The van der Waals surface area contributed by atoms with E-state index in [1.807, 2.05) is 39.8 Å². The molecular weight excluding hydrogens is 347 g/mol. The summed E-state index contributed by atoms with van der Waals surface area (Å²) >= 11 is 0. The van der Waals surface area contributed by atoms with Crippen LogP contribution < -0.4 is 0 Å². The Hall–Kier alpha value is -1.54. The molecule has 0 saturated heterocycles. The number of hydrogen-bond acceptors (Lipinski definition) is 3. The number of ketones is 1. The zero-order valence-corrected chi connectivity index (χ0v) is 17.8. The lowest BCUT2D eigenvalue weighted by molar-refractivity contribution is -0.155. The van der Waals surface area contributed by atoms with Gasteiger partial charge in [0.25, 0.3) is 0 Å². The first-order valence-electron chi connectivity index (χ1n) is 9.29. The van der Waals surface area contributed by atoms with Crippen LogP contribution in [0.1, 0.15) is 79.4 Å². The molecule has 1 aromatic rings. The Morgan fingerprint density at radius 2 is 1.58 bits per heavy atom. The Labute approximate surface area is 159 Å². The number of carbonyl (C=O) groups excluding carboxylic acids is 1. The third-order valence-electron chi connectivity index (χ3n) is 6.07. The highest BCUT2D eigenvalue weighted by atomic mass is 31.0. The summed E-state index contributed by atoms with van der Waals surface area (Å²) in [6, 6.07) is 4.06. The van der Waals surface area contributed by atoms with Crippen LogP contribution in [-0.2, 0) is 9.36 Å². The Morgan fingerprint density at radius 1 is 1.12 bits per heavy atom. The molecule has 0 aliphatic heterocycles. The molecule has 1 saturated carbocycles. The molecule has 5 heteroatoms. The van der Waals surface area contributed by atoms with Crippen LogP contribution in [0.15, 0.2) is 12.1 Å². The third kappa shape index (κ3) is 3.76. The largest absolute Gasteiger partial charge is 0.481 e. The Bertz CT molecular complexity index is 654. The average Bonchev–Trinajstić information content (AvgIpc) is 3.07. The van der Waals surface area contributed by atoms with Crippen LogP contribution in [0.2, 0.25) is 0 Å². The van der Waals surface area contributed by atoms with Crippen molar-refractivity contribution in [2.24, 2.45) is 10.8 Å². The van der Waals surface area contributed by atoms with Crippen molar-refractivity contribution in [2.75, 3.05) is 0 Å². The molecule has 0 amide bonds. The number of carboxylic acid groups (broad SMARTS) is 1.